The molecule has 1 atom stereocenters. The maximum Gasteiger partial charge on any atom is 0.335 e. The van der Waals surface area contributed by atoms with Gasteiger partial charge >= 0.3 is 5.97 Å². The van der Waals surface area contributed by atoms with E-state index < -0.39 is 5.97 Å². The molecule has 1 fully saturated rings. The molecule has 20 heavy (non-hydrogen) atoms. The van der Waals surface area contributed by atoms with Crippen molar-refractivity contribution in [2.45, 2.75) is 38.8 Å². The van der Waals surface area contributed by atoms with Crippen LogP contribution in [0.2, 0.25) is 0 Å². The Bertz CT molecular complexity index is 447. The number of benzene rings is 1. The Hall–Kier alpha value is -1.39. The van der Waals surface area contributed by atoms with Gasteiger partial charge in [0.1, 0.15) is 0 Å². The van der Waals surface area contributed by atoms with Gasteiger partial charge in [-0.05, 0) is 44.0 Å². The summed E-state index contributed by atoms with van der Waals surface area (Å²) in [5, 5.41) is 9.05. The van der Waals surface area contributed by atoms with Gasteiger partial charge in [-0.15, -0.1) is 0 Å². The molecule has 1 aromatic carbocycles. The van der Waals surface area contributed by atoms with E-state index in [1.807, 2.05) is 19.1 Å². The number of carbonyl (C=O) groups is 1. The van der Waals surface area contributed by atoms with E-state index in [1.165, 1.54) is 19.3 Å². The van der Waals surface area contributed by atoms with Gasteiger partial charge in [0.15, 0.2) is 0 Å². The molecule has 1 unspecified atom stereocenters. The zero-order valence-electron chi connectivity index (χ0n) is 12.0. The van der Waals surface area contributed by atoms with Crippen LogP contribution in [0.4, 0.5) is 0 Å². The molecule has 2 rings (SSSR count). The summed E-state index contributed by atoms with van der Waals surface area (Å²) in [6.07, 6.45) is 3.63. The first-order valence-electron chi connectivity index (χ1n) is 7.34. The summed E-state index contributed by atoms with van der Waals surface area (Å²) in [4.78, 5) is 13.4. The normalized spacial score (nSPS) is 19.9. The van der Waals surface area contributed by atoms with Crippen LogP contribution < -0.4 is 0 Å². The van der Waals surface area contributed by atoms with Crippen LogP contribution in [0, 0.1) is 0 Å². The van der Waals surface area contributed by atoms with Crippen molar-refractivity contribution in [1.82, 2.24) is 4.90 Å². The van der Waals surface area contributed by atoms with Crippen LogP contribution >= 0.6 is 0 Å². The van der Waals surface area contributed by atoms with Crippen LogP contribution in [0.3, 0.4) is 0 Å². The molecule has 0 bridgehead atoms. The smallest absolute Gasteiger partial charge is 0.335 e. The van der Waals surface area contributed by atoms with Crippen molar-refractivity contribution in [1.29, 1.82) is 0 Å². The Labute approximate surface area is 120 Å². The monoisotopic (exact) mass is 277 g/mol. The highest BCUT2D eigenvalue weighted by molar-refractivity contribution is 5.87. The van der Waals surface area contributed by atoms with E-state index in [1.54, 1.807) is 12.1 Å². The van der Waals surface area contributed by atoms with Gasteiger partial charge < -0.3 is 9.84 Å². The molecule has 1 N–H and O–H groups in total. The minimum atomic E-state index is -0.864. The first-order chi connectivity index (χ1) is 9.70. The lowest BCUT2D eigenvalue weighted by molar-refractivity contribution is 0.0413. The van der Waals surface area contributed by atoms with E-state index in [2.05, 4.69) is 4.90 Å². The molecule has 1 saturated heterocycles. The number of likely N-dealkylation sites (tertiary alicyclic amines) is 1. The van der Waals surface area contributed by atoms with E-state index in [0.717, 1.165) is 31.9 Å². The maximum atomic E-state index is 11.0. The van der Waals surface area contributed by atoms with Crippen LogP contribution in [0.1, 0.15) is 42.1 Å². The summed E-state index contributed by atoms with van der Waals surface area (Å²) in [5.41, 5.74) is 1.43. The lowest BCUT2D eigenvalue weighted by Crippen LogP contribution is -2.41. The van der Waals surface area contributed by atoms with Gasteiger partial charge in [0.2, 0.25) is 0 Å². The van der Waals surface area contributed by atoms with Crippen molar-refractivity contribution in [3.05, 3.63) is 35.4 Å². The summed E-state index contributed by atoms with van der Waals surface area (Å²) >= 11 is 0. The van der Waals surface area contributed by atoms with Gasteiger partial charge in [-0.1, -0.05) is 18.6 Å². The Morgan fingerprint density at radius 2 is 2.30 bits per heavy atom. The average Bonchev–Trinajstić information content (AvgIpc) is 2.46. The molecule has 1 heterocycles. The van der Waals surface area contributed by atoms with Gasteiger partial charge in [0, 0.05) is 19.2 Å². The molecule has 4 heteroatoms. The largest absolute Gasteiger partial charge is 0.478 e. The molecule has 0 saturated carbocycles. The third-order valence-electron chi connectivity index (χ3n) is 3.82. The minimum absolute atomic E-state index is 0.362. The van der Waals surface area contributed by atoms with Crippen molar-refractivity contribution >= 4 is 5.97 Å². The second-order valence-electron chi connectivity index (χ2n) is 5.29. The van der Waals surface area contributed by atoms with Crippen LogP contribution in [0.15, 0.2) is 24.3 Å². The average molecular weight is 277 g/mol. The number of carboxylic acid groups (broad SMARTS) is 1. The third kappa shape index (κ3) is 4.05. The summed E-state index contributed by atoms with van der Waals surface area (Å²) in [5.74, 6) is -0.864. The van der Waals surface area contributed by atoms with Crippen LogP contribution in [0.5, 0.6) is 0 Å². The van der Waals surface area contributed by atoms with Crippen molar-refractivity contribution in [2.75, 3.05) is 19.8 Å². The molecule has 0 spiro atoms. The first kappa shape index (κ1) is 15.0. The molecule has 1 aliphatic rings. The number of carboxylic acids is 1. The zero-order chi connectivity index (χ0) is 14.4. The molecule has 1 aliphatic heterocycles. The van der Waals surface area contributed by atoms with E-state index >= 15 is 0 Å². The topological polar surface area (TPSA) is 49.8 Å². The van der Waals surface area contributed by atoms with E-state index in [-0.39, 0.29) is 0 Å². The van der Waals surface area contributed by atoms with Gasteiger partial charge in [-0.25, -0.2) is 4.79 Å². The van der Waals surface area contributed by atoms with E-state index in [0.29, 0.717) is 11.6 Å². The lowest BCUT2D eigenvalue weighted by Gasteiger charge is -2.35. The van der Waals surface area contributed by atoms with Crippen molar-refractivity contribution < 1.29 is 14.6 Å². The number of rotatable bonds is 6. The van der Waals surface area contributed by atoms with Crippen molar-refractivity contribution in [2.24, 2.45) is 0 Å². The van der Waals surface area contributed by atoms with Crippen LogP contribution in [0.25, 0.3) is 0 Å². The van der Waals surface area contributed by atoms with Crippen molar-refractivity contribution in [3.63, 3.8) is 0 Å². The van der Waals surface area contributed by atoms with Gasteiger partial charge in [-0.2, -0.15) is 0 Å². The van der Waals surface area contributed by atoms with Crippen LogP contribution in [-0.2, 0) is 11.3 Å². The number of aromatic carboxylic acids is 1. The minimum Gasteiger partial charge on any atom is -0.478 e. The summed E-state index contributed by atoms with van der Waals surface area (Å²) in [6.45, 7) is 5.41. The fourth-order valence-corrected chi connectivity index (χ4v) is 2.75. The molecule has 0 aliphatic carbocycles. The summed E-state index contributed by atoms with van der Waals surface area (Å²) < 4.78 is 5.57. The molecular weight excluding hydrogens is 254 g/mol. The highest BCUT2D eigenvalue weighted by Gasteiger charge is 2.22. The van der Waals surface area contributed by atoms with Gasteiger partial charge in [-0.3, -0.25) is 4.90 Å². The molecule has 0 amide bonds. The molecule has 0 aromatic heterocycles. The maximum absolute atomic E-state index is 11.0. The van der Waals surface area contributed by atoms with Crippen molar-refractivity contribution in [3.8, 4) is 0 Å². The predicted molar refractivity (Wildman–Crippen MR) is 77.9 cm³/mol. The molecular formula is C16H23NO3. The van der Waals surface area contributed by atoms with E-state index in [4.69, 9.17) is 9.84 Å². The summed E-state index contributed by atoms with van der Waals surface area (Å²) in [6, 6.07) is 7.69. The van der Waals surface area contributed by atoms with Gasteiger partial charge in [0.05, 0.1) is 12.2 Å². The van der Waals surface area contributed by atoms with E-state index in [9.17, 15) is 4.79 Å². The van der Waals surface area contributed by atoms with Crippen LogP contribution in [-0.4, -0.2) is 41.8 Å². The highest BCUT2D eigenvalue weighted by atomic mass is 16.5. The number of ether oxygens (including phenoxy) is 1. The number of nitrogens with zero attached hydrogens (tertiary/aromatic N) is 1. The lowest BCUT2D eigenvalue weighted by atomic mass is 10.0. The first-order valence-corrected chi connectivity index (χ1v) is 7.34. The summed E-state index contributed by atoms with van der Waals surface area (Å²) in [7, 11) is 0. The third-order valence-corrected chi connectivity index (χ3v) is 3.82. The molecule has 1 aromatic rings. The predicted octanol–water partition coefficient (Wildman–Crippen LogP) is 2.78. The zero-order valence-corrected chi connectivity index (χ0v) is 12.0. The Morgan fingerprint density at radius 1 is 1.45 bits per heavy atom. The van der Waals surface area contributed by atoms with Gasteiger partial charge in [0.25, 0.3) is 0 Å². The molecule has 0 radical (unpaired) electrons. The fourth-order valence-electron chi connectivity index (χ4n) is 2.75. The fraction of sp³-hybridized carbons (Fsp3) is 0.562. The highest BCUT2D eigenvalue weighted by Crippen LogP contribution is 2.20. The Kier molecular flexibility index (Phi) is 5.56. The second-order valence-corrected chi connectivity index (χ2v) is 5.29. The number of piperidine rings is 1. The quantitative estimate of drug-likeness (QED) is 0.868. The standard InChI is InChI=1S/C16H23NO3/c1-2-20-12-15-8-3-4-9-17(15)11-13-6-5-7-14(10-13)16(18)19/h5-7,10,15H,2-4,8-9,11-12H2,1H3,(H,18,19). The second kappa shape index (κ2) is 7.41. The SMILES string of the molecule is CCOCC1CCCCN1Cc1cccc(C(=O)O)c1. The Balaban J connectivity index is 2.02. The molecule has 110 valence electrons. The molecule has 4 nitrogen and oxygen atoms in total. The number of hydrogen-bond acceptors (Lipinski definition) is 3. The number of hydrogen-bond donors (Lipinski definition) is 1. The Morgan fingerprint density at radius 3 is 3.05 bits per heavy atom.